The fraction of sp³-hybridized carbons (Fsp3) is 1.00. The van der Waals surface area contributed by atoms with Crippen LogP contribution in [0.3, 0.4) is 0 Å². The molecule has 5 heavy (non-hydrogen) atoms. The van der Waals surface area contributed by atoms with E-state index < -0.39 is 0 Å². The van der Waals surface area contributed by atoms with E-state index in [2.05, 4.69) is 5.32 Å². The third-order valence-corrected chi connectivity index (χ3v) is 0.224. The summed E-state index contributed by atoms with van der Waals surface area (Å²) in [5.74, 6) is 0. The molecule has 2 nitrogen and oxygen atoms in total. The van der Waals surface area contributed by atoms with Gasteiger partial charge in [0.05, 0.1) is 0 Å². The Labute approximate surface area is 40.9 Å². The monoisotopic (exact) mass is 122 g/mol. The van der Waals surface area contributed by atoms with Gasteiger partial charge in [-0.25, -0.2) is 0 Å². The molecule has 1 aliphatic rings. The first kappa shape index (κ1) is 5.38. The van der Waals surface area contributed by atoms with Gasteiger partial charge in [0.25, 0.3) is 0 Å². The fourth-order valence-electron chi connectivity index (χ4n) is 0. The summed E-state index contributed by atoms with van der Waals surface area (Å²) in [6.07, 6.45) is 0. The molecule has 0 unspecified atom stereocenters. The molecule has 1 aliphatic heterocycles. The molecule has 26 valence electrons. The minimum atomic E-state index is 0.125. The summed E-state index contributed by atoms with van der Waals surface area (Å²) in [6, 6.07) is 0. The predicted molar refractivity (Wildman–Crippen MR) is 13.8 cm³/mol. The van der Waals surface area contributed by atoms with Crippen LogP contribution >= 0.6 is 0 Å². The molecule has 3 heteroatoms. The van der Waals surface area contributed by atoms with E-state index in [0.29, 0.717) is 0 Å². The van der Waals surface area contributed by atoms with Crippen LogP contribution in [-0.4, -0.2) is 13.1 Å². The molecule has 1 saturated heterocycles. The van der Waals surface area contributed by atoms with Crippen molar-refractivity contribution in [1.82, 2.24) is 0 Å². The first-order valence-corrected chi connectivity index (χ1v) is 2.63. The van der Waals surface area contributed by atoms with Gasteiger partial charge in [-0.1, -0.05) is 0 Å². The van der Waals surface area contributed by atoms with Crippen molar-refractivity contribution in [1.29, 1.82) is 0 Å². The van der Waals surface area contributed by atoms with Crippen LogP contribution in [0, 0.1) is 0 Å². The molecular formula is C2H4NOZn-. The zero-order valence-corrected chi connectivity index (χ0v) is 5.94. The van der Waals surface area contributed by atoms with E-state index in [1.54, 1.807) is 0 Å². The fourth-order valence-corrected chi connectivity index (χ4v) is 0. The molecule has 0 saturated carbocycles. The van der Waals surface area contributed by atoms with Crippen molar-refractivity contribution in [3.8, 4) is 0 Å². The Balaban J connectivity index is 0.0000000733. The Morgan fingerprint density at radius 2 is 1.60 bits per heavy atom. The van der Waals surface area contributed by atoms with Crippen LogP contribution in [0.2, 0.25) is 0 Å². The molecule has 0 N–H and O–H groups in total. The van der Waals surface area contributed by atoms with Gasteiger partial charge in [0, 0.05) is 0 Å². The third-order valence-electron chi connectivity index (χ3n) is 0.224. The Bertz CT molecular complexity index is 20.9. The first-order chi connectivity index (χ1) is 2.50. The average Bonchev–Trinajstić information content (AvgIpc) is 2.19. The second-order valence-electron chi connectivity index (χ2n) is 0.671. The molecule has 0 aliphatic carbocycles. The van der Waals surface area contributed by atoms with Gasteiger partial charge < -0.3 is 5.32 Å². The summed E-state index contributed by atoms with van der Waals surface area (Å²) in [5, 5.41) is 3.75. The standard InChI is InChI=1S/C2H4N.O.Zn/c1-2-3-1;;/h1-2H2;;/q-1;;. The normalized spacial score (nSPS) is 15.6. The van der Waals surface area contributed by atoms with Gasteiger partial charge in [-0.3, -0.25) is 0 Å². The van der Waals surface area contributed by atoms with Crippen LogP contribution in [0.25, 0.3) is 5.32 Å². The van der Waals surface area contributed by atoms with Gasteiger partial charge >= 0.3 is 21.8 Å². The Kier molecular flexibility index (Phi) is 4.72. The number of hydrogen-bond acceptors (Lipinski definition) is 1. The van der Waals surface area contributed by atoms with E-state index in [-0.39, 0.29) is 18.3 Å². The Morgan fingerprint density at radius 3 is 1.60 bits per heavy atom. The molecule has 0 atom stereocenters. The maximum atomic E-state index is 8.38. The molecule has 1 heterocycles. The summed E-state index contributed by atoms with van der Waals surface area (Å²) in [5.41, 5.74) is 0. The summed E-state index contributed by atoms with van der Waals surface area (Å²) >= 11 is 0.125. The van der Waals surface area contributed by atoms with Crippen molar-refractivity contribution < 1.29 is 21.8 Å². The van der Waals surface area contributed by atoms with Crippen molar-refractivity contribution in [3.05, 3.63) is 5.32 Å². The van der Waals surface area contributed by atoms with Crippen molar-refractivity contribution in [2.45, 2.75) is 0 Å². The van der Waals surface area contributed by atoms with E-state index in [1.807, 2.05) is 0 Å². The zero-order valence-electron chi connectivity index (χ0n) is 2.98. The molecule has 0 aromatic heterocycles. The van der Waals surface area contributed by atoms with Gasteiger partial charge in [0.2, 0.25) is 0 Å². The van der Waals surface area contributed by atoms with Crippen LogP contribution in [0.1, 0.15) is 0 Å². The van der Waals surface area contributed by atoms with Gasteiger partial charge in [0.1, 0.15) is 0 Å². The van der Waals surface area contributed by atoms with E-state index in [1.165, 1.54) is 0 Å². The average molecular weight is 123 g/mol. The molecule has 0 amide bonds. The van der Waals surface area contributed by atoms with Crippen molar-refractivity contribution in [2.24, 2.45) is 0 Å². The van der Waals surface area contributed by atoms with Crippen molar-refractivity contribution in [3.63, 3.8) is 0 Å². The maximum absolute atomic E-state index is 8.38. The van der Waals surface area contributed by atoms with Crippen LogP contribution < -0.4 is 0 Å². The summed E-state index contributed by atoms with van der Waals surface area (Å²) in [6.45, 7) is 2.25. The first-order valence-electron chi connectivity index (χ1n) is 1.42. The SMILES string of the molecule is C1C[N-]1.[O]=[Zn]. The van der Waals surface area contributed by atoms with E-state index in [0.717, 1.165) is 13.1 Å². The Hall–Kier alpha value is 0.383. The zero-order chi connectivity index (χ0) is 4.12. The van der Waals surface area contributed by atoms with E-state index >= 15 is 0 Å². The Morgan fingerprint density at radius 1 is 1.40 bits per heavy atom. The van der Waals surface area contributed by atoms with Crippen LogP contribution in [0.4, 0.5) is 0 Å². The van der Waals surface area contributed by atoms with Crippen LogP contribution in [-0.2, 0) is 21.8 Å². The topological polar surface area (TPSA) is 31.2 Å². The van der Waals surface area contributed by atoms with Crippen LogP contribution in [0.5, 0.6) is 0 Å². The summed E-state index contributed by atoms with van der Waals surface area (Å²) in [7, 11) is 0. The molecule has 0 spiro atoms. The van der Waals surface area contributed by atoms with E-state index in [9.17, 15) is 0 Å². The number of hydrogen-bond donors (Lipinski definition) is 0. The second-order valence-corrected chi connectivity index (χ2v) is 0.671. The molecule has 0 radical (unpaired) electrons. The second kappa shape index (κ2) is 4.38. The van der Waals surface area contributed by atoms with Gasteiger partial charge in [-0.05, 0) is 0 Å². The van der Waals surface area contributed by atoms with Crippen molar-refractivity contribution >= 4 is 0 Å². The molecule has 0 aromatic rings. The summed E-state index contributed by atoms with van der Waals surface area (Å²) in [4.78, 5) is 0. The quantitative estimate of drug-likeness (QED) is 0.336. The molecular weight excluding hydrogens is 119 g/mol. The molecule has 0 aromatic carbocycles. The van der Waals surface area contributed by atoms with Crippen LogP contribution in [0.15, 0.2) is 0 Å². The summed E-state index contributed by atoms with van der Waals surface area (Å²) < 4.78 is 8.38. The molecule has 1 fully saturated rings. The van der Waals surface area contributed by atoms with Crippen molar-refractivity contribution in [2.75, 3.05) is 13.1 Å². The van der Waals surface area contributed by atoms with Gasteiger partial charge in [-0.2, -0.15) is 13.1 Å². The van der Waals surface area contributed by atoms with E-state index in [4.69, 9.17) is 3.57 Å². The van der Waals surface area contributed by atoms with Gasteiger partial charge in [-0.15, -0.1) is 0 Å². The number of rotatable bonds is 0. The predicted octanol–water partition coefficient (Wildman–Crippen LogP) is 0.252. The van der Waals surface area contributed by atoms with Gasteiger partial charge in [0.15, 0.2) is 0 Å². The molecule has 1 rings (SSSR count). The minimum absolute atomic E-state index is 0.125. The third kappa shape index (κ3) is 13.0. The number of nitrogens with zero attached hydrogens (tertiary/aromatic N) is 1. The molecule has 0 bridgehead atoms.